The fraction of sp³-hybridized carbons (Fsp3) is 0.778. The van der Waals surface area contributed by atoms with Gasteiger partial charge in [0.05, 0.1) is 13.1 Å². The normalized spacial score (nSPS) is 19.7. The Kier molecular flexibility index (Phi) is 6.78. The van der Waals surface area contributed by atoms with Gasteiger partial charge < -0.3 is 15.5 Å². The zero-order chi connectivity index (χ0) is 19.2. The Labute approximate surface area is 161 Å². The van der Waals surface area contributed by atoms with Crippen LogP contribution in [0, 0.1) is 0 Å². The van der Waals surface area contributed by atoms with Gasteiger partial charge in [0.25, 0.3) is 0 Å². The molecule has 9 nitrogen and oxygen atoms in total. The van der Waals surface area contributed by atoms with Gasteiger partial charge in [0.1, 0.15) is 5.82 Å². The third-order valence-electron chi connectivity index (χ3n) is 5.23. The molecule has 27 heavy (non-hydrogen) atoms. The Morgan fingerprint density at radius 3 is 2.19 bits per heavy atom. The molecule has 2 aliphatic rings. The minimum absolute atomic E-state index is 0.255. The molecule has 0 saturated carbocycles. The second-order valence-electron chi connectivity index (χ2n) is 7.65. The van der Waals surface area contributed by atoms with Gasteiger partial charge in [0.15, 0.2) is 0 Å². The van der Waals surface area contributed by atoms with Crippen LogP contribution in [0.3, 0.4) is 0 Å². The van der Waals surface area contributed by atoms with E-state index in [0.717, 1.165) is 52.1 Å². The SMILES string of the molecule is CN(C)c1nc(N)nc(CN2CCN(CC(=O)N3CCCCCC3)CC2)n1. The van der Waals surface area contributed by atoms with Crippen molar-refractivity contribution in [1.82, 2.24) is 29.7 Å². The fourth-order valence-electron chi connectivity index (χ4n) is 3.61. The van der Waals surface area contributed by atoms with E-state index in [0.29, 0.717) is 24.9 Å². The third-order valence-corrected chi connectivity index (χ3v) is 5.23. The summed E-state index contributed by atoms with van der Waals surface area (Å²) >= 11 is 0. The van der Waals surface area contributed by atoms with Crippen LogP contribution >= 0.6 is 0 Å². The number of likely N-dealkylation sites (tertiary alicyclic amines) is 1. The van der Waals surface area contributed by atoms with Gasteiger partial charge in [-0.15, -0.1) is 0 Å². The maximum absolute atomic E-state index is 12.6. The first-order valence-electron chi connectivity index (χ1n) is 9.91. The third kappa shape index (κ3) is 5.74. The highest BCUT2D eigenvalue weighted by atomic mass is 16.2. The van der Waals surface area contributed by atoms with Crippen LogP contribution in [0.2, 0.25) is 0 Å². The Morgan fingerprint density at radius 1 is 0.926 bits per heavy atom. The molecular formula is C18H32N8O. The van der Waals surface area contributed by atoms with E-state index in [1.807, 2.05) is 19.0 Å². The van der Waals surface area contributed by atoms with Crippen molar-refractivity contribution in [3.05, 3.63) is 5.82 Å². The van der Waals surface area contributed by atoms with Gasteiger partial charge in [-0.1, -0.05) is 12.8 Å². The molecule has 0 radical (unpaired) electrons. The number of amides is 1. The smallest absolute Gasteiger partial charge is 0.236 e. The van der Waals surface area contributed by atoms with Crippen molar-refractivity contribution < 1.29 is 4.79 Å². The number of aromatic nitrogens is 3. The van der Waals surface area contributed by atoms with Crippen LogP contribution in [0.5, 0.6) is 0 Å². The van der Waals surface area contributed by atoms with Gasteiger partial charge >= 0.3 is 0 Å². The number of nitrogens with two attached hydrogens (primary N) is 1. The van der Waals surface area contributed by atoms with E-state index in [9.17, 15) is 4.79 Å². The number of anilines is 2. The summed E-state index contributed by atoms with van der Waals surface area (Å²) in [5.74, 6) is 1.82. The van der Waals surface area contributed by atoms with Crippen LogP contribution in [0.1, 0.15) is 31.5 Å². The lowest BCUT2D eigenvalue weighted by Gasteiger charge is -2.35. The number of carbonyl (C=O) groups excluding carboxylic acids is 1. The van der Waals surface area contributed by atoms with E-state index in [1.165, 1.54) is 12.8 Å². The number of nitrogen functional groups attached to an aromatic ring is 1. The minimum Gasteiger partial charge on any atom is -0.368 e. The van der Waals surface area contributed by atoms with Gasteiger partial charge in [0, 0.05) is 53.4 Å². The Morgan fingerprint density at radius 2 is 1.56 bits per heavy atom. The molecule has 0 aliphatic carbocycles. The molecule has 2 N–H and O–H groups in total. The standard InChI is InChI=1S/C18H32N8O/c1-23(2)18-21-15(20-17(19)22-18)13-24-9-11-25(12-10-24)14-16(27)26-7-5-3-4-6-8-26/h3-14H2,1-2H3,(H2,19,20,21,22). The van der Waals surface area contributed by atoms with Crippen molar-refractivity contribution in [1.29, 1.82) is 0 Å². The van der Waals surface area contributed by atoms with E-state index in [-0.39, 0.29) is 11.9 Å². The van der Waals surface area contributed by atoms with Crippen molar-refractivity contribution in [2.24, 2.45) is 0 Å². The summed E-state index contributed by atoms with van der Waals surface area (Å²) in [5, 5.41) is 0. The first-order valence-corrected chi connectivity index (χ1v) is 9.91. The second-order valence-corrected chi connectivity index (χ2v) is 7.65. The first-order chi connectivity index (χ1) is 13.0. The molecule has 9 heteroatoms. The van der Waals surface area contributed by atoms with E-state index < -0.39 is 0 Å². The van der Waals surface area contributed by atoms with E-state index in [2.05, 4.69) is 29.7 Å². The monoisotopic (exact) mass is 376 g/mol. The highest BCUT2D eigenvalue weighted by molar-refractivity contribution is 5.78. The molecule has 0 aromatic carbocycles. The van der Waals surface area contributed by atoms with Crippen molar-refractivity contribution in [3.8, 4) is 0 Å². The van der Waals surface area contributed by atoms with Gasteiger partial charge in [-0.3, -0.25) is 14.6 Å². The van der Waals surface area contributed by atoms with Crippen LogP contribution in [-0.4, -0.2) is 95.5 Å². The Bertz CT molecular complexity index is 622. The lowest BCUT2D eigenvalue weighted by molar-refractivity contribution is -0.132. The number of piperazine rings is 1. The molecule has 2 saturated heterocycles. The van der Waals surface area contributed by atoms with Crippen LogP contribution < -0.4 is 10.6 Å². The maximum Gasteiger partial charge on any atom is 0.236 e. The topological polar surface area (TPSA) is 94.7 Å². The van der Waals surface area contributed by atoms with Gasteiger partial charge in [-0.25, -0.2) is 0 Å². The van der Waals surface area contributed by atoms with E-state index in [4.69, 9.17) is 5.73 Å². The van der Waals surface area contributed by atoms with Crippen LogP contribution in [-0.2, 0) is 11.3 Å². The van der Waals surface area contributed by atoms with Gasteiger partial charge in [-0.05, 0) is 12.8 Å². The van der Waals surface area contributed by atoms with Crippen molar-refractivity contribution in [3.63, 3.8) is 0 Å². The number of nitrogens with zero attached hydrogens (tertiary/aromatic N) is 7. The zero-order valence-corrected chi connectivity index (χ0v) is 16.6. The number of hydrogen-bond donors (Lipinski definition) is 1. The van der Waals surface area contributed by atoms with Gasteiger partial charge in [-0.2, -0.15) is 15.0 Å². The number of carbonyl (C=O) groups is 1. The first kappa shape index (κ1) is 19.8. The molecule has 3 rings (SSSR count). The molecular weight excluding hydrogens is 344 g/mol. The molecule has 0 spiro atoms. The second kappa shape index (κ2) is 9.27. The van der Waals surface area contributed by atoms with Crippen molar-refractivity contribution in [2.45, 2.75) is 32.2 Å². The highest BCUT2D eigenvalue weighted by Crippen LogP contribution is 2.12. The lowest BCUT2D eigenvalue weighted by Crippen LogP contribution is -2.50. The summed E-state index contributed by atoms with van der Waals surface area (Å²) in [6.07, 6.45) is 4.78. The molecule has 1 amide bonds. The van der Waals surface area contributed by atoms with Crippen LogP contribution in [0.25, 0.3) is 0 Å². The quantitative estimate of drug-likeness (QED) is 0.770. The molecule has 150 valence electrons. The van der Waals surface area contributed by atoms with E-state index >= 15 is 0 Å². The summed E-state index contributed by atoms with van der Waals surface area (Å²) in [7, 11) is 3.78. The van der Waals surface area contributed by atoms with Crippen molar-refractivity contribution >= 4 is 17.8 Å². The molecule has 0 atom stereocenters. The predicted molar refractivity (Wildman–Crippen MR) is 105 cm³/mol. The van der Waals surface area contributed by atoms with E-state index in [1.54, 1.807) is 0 Å². The Balaban J connectivity index is 1.47. The Hall–Kier alpha value is -2.00. The molecule has 1 aromatic rings. The van der Waals surface area contributed by atoms with Crippen LogP contribution in [0.4, 0.5) is 11.9 Å². The summed E-state index contributed by atoms with van der Waals surface area (Å²) < 4.78 is 0. The minimum atomic E-state index is 0.255. The van der Waals surface area contributed by atoms with Crippen LogP contribution in [0.15, 0.2) is 0 Å². The zero-order valence-electron chi connectivity index (χ0n) is 16.6. The molecule has 2 fully saturated rings. The highest BCUT2D eigenvalue weighted by Gasteiger charge is 2.23. The van der Waals surface area contributed by atoms with Crippen molar-refractivity contribution in [2.75, 3.05) is 70.5 Å². The summed E-state index contributed by atoms with van der Waals surface area (Å²) in [6, 6.07) is 0. The summed E-state index contributed by atoms with van der Waals surface area (Å²) in [5.41, 5.74) is 5.80. The molecule has 1 aromatic heterocycles. The average Bonchev–Trinajstić information content (AvgIpc) is 2.92. The molecule has 0 bridgehead atoms. The average molecular weight is 377 g/mol. The molecule has 3 heterocycles. The maximum atomic E-state index is 12.6. The molecule has 2 aliphatic heterocycles. The van der Waals surface area contributed by atoms with Gasteiger partial charge in [0.2, 0.25) is 17.8 Å². The predicted octanol–water partition coefficient (Wildman–Crippen LogP) is 0.0400. The fourth-order valence-corrected chi connectivity index (χ4v) is 3.61. The lowest BCUT2D eigenvalue weighted by atomic mass is 10.2. The molecule has 0 unspecified atom stereocenters. The largest absolute Gasteiger partial charge is 0.368 e. The summed E-state index contributed by atoms with van der Waals surface area (Å²) in [6.45, 7) is 6.62. The summed E-state index contributed by atoms with van der Waals surface area (Å²) in [4.78, 5) is 33.9. The number of hydrogen-bond acceptors (Lipinski definition) is 8. The number of rotatable bonds is 5.